The third-order valence-corrected chi connectivity index (χ3v) is 8.93. The molecule has 4 aromatic rings. The molecule has 0 aliphatic carbocycles. The van der Waals surface area contributed by atoms with Crippen LogP contribution in [0.2, 0.25) is 0 Å². The number of carbonyl (C=O) groups is 1. The molecule has 3 heterocycles. The van der Waals surface area contributed by atoms with E-state index in [1.807, 2.05) is 61.5 Å². The summed E-state index contributed by atoms with van der Waals surface area (Å²) in [5.41, 5.74) is 4.75. The summed E-state index contributed by atoms with van der Waals surface area (Å²) in [5, 5.41) is 12.8. The van der Waals surface area contributed by atoms with Gasteiger partial charge in [-0.2, -0.15) is 0 Å². The van der Waals surface area contributed by atoms with Gasteiger partial charge in [0.1, 0.15) is 5.01 Å². The number of hydrogen-bond donors (Lipinski definition) is 2. The minimum Gasteiger partial charge on any atom is -0.459 e. The molecule has 0 bridgehead atoms. The highest BCUT2D eigenvalue weighted by Crippen LogP contribution is 2.42. The van der Waals surface area contributed by atoms with E-state index in [-0.39, 0.29) is 43.5 Å². The maximum Gasteiger partial charge on any atom is 0.290 e. The second kappa shape index (κ2) is 15.1. The van der Waals surface area contributed by atoms with Gasteiger partial charge in [-0.3, -0.25) is 4.79 Å². The largest absolute Gasteiger partial charge is 0.459 e. The number of rotatable bonds is 14. The zero-order chi connectivity index (χ0) is 31.9. The predicted octanol–water partition coefficient (Wildman–Crippen LogP) is 6.03. The summed E-state index contributed by atoms with van der Waals surface area (Å²) in [5.74, 6) is 0.796. The van der Waals surface area contributed by atoms with E-state index < -0.39 is 6.29 Å². The van der Waals surface area contributed by atoms with Crippen LogP contribution < -0.4 is 14.8 Å². The molecule has 2 aliphatic heterocycles. The Labute approximate surface area is 271 Å². The van der Waals surface area contributed by atoms with Crippen LogP contribution in [0, 0.1) is 12.8 Å². The van der Waals surface area contributed by atoms with Crippen LogP contribution in [0.4, 0.5) is 5.69 Å². The number of aliphatic hydroxyl groups excluding tert-OH is 1. The van der Waals surface area contributed by atoms with Gasteiger partial charge >= 0.3 is 0 Å². The Morgan fingerprint density at radius 3 is 2.61 bits per heavy atom. The number of anilines is 1. The fourth-order valence-corrected chi connectivity index (χ4v) is 6.66. The quantitative estimate of drug-likeness (QED) is 0.158. The summed E-state index contributed by atoms with van der Waals surface area (Å²) < 4.78 is 35.7. The third-order valence-electron chi connectivity index (χ3n) is 7.86. The molecule has 0 saturated heterocycles. The molecule has 6 rings (SSSR count). The molecule has 0 fully saturated rings. The summed E-state index contributed by atoms with van der Waals surface area (Å²) in [6.07, 6.45) is 1.79. The zero-order valence-electron chi connectivity index (χ0n) is 25.9. The number of fused-ring (bicyclic) bond motifs is 2. The Balaban J connectivity index is 1.19. The Morgan fingerprint density at radius 1 is 1.00 bits per heavy atom. The van der Waals surface area contributed by atoms with Crippen LogP contribution in [-0.4, -0.2) is 68.7 Å². The molecule has 10 nitrogen and oxygen atoms in total. The standard InChI is InChI=1S/C35H38N2O8S/c1-3-42-35-26(12-14-40-16-17-41-15-13-38)27(24-7-11-29-30(19-24)44-21-43-29)20-31(45-35)33(39)36-25-8-5-23(6-9-25)34-37-28-10-4-22(2)18-32(28)46-34/h4-11,18-20,26-27,35,38H,3,12-17,21H2,1-2H3,(H,36,39)/t26-,27-,35-/m1/s1. The minimum atomic E-state index is -0.676. The van der Waals surface area contributed by atoms with Crippen molar-refractivity contribution in [2.75, 3.05) is 51.8 Å². The monoisotopic (exact) mass is 646 g/mol. The Kier molecular flexibility index (Phi) is 10.5. The van der Waals surface area contributed by atoms with Crippen LogP contribution in [0.5, 0.6) is 11.5 Å². The number of hydrogen-bond acceptors (Lipinski definition) is 10. The van der Waals surface area contributed by atoms with Crippen molar-refractivity contribution in [2.45, 2.75) is 32.5 Å². The van der Waals surface area contributed by atoms with Gasteiger partial charge in [0.15, 0.2) is 17.3 Å². The van der Waals surface area contributed by atoms with Gasteiger partial charge in [-0.25, -0.2) is 4.98 Å². The molecule has 46 heavy (non-hydrogen) atoms. The lowest BCUT2D eigenvalue weighted by atomic mass is 9.81. The Bertz CT molecular complexity index is 1670. The van der Waals surface area contributed by atoms with Gasteiger partial charge in [-0.15, -0.1) is 11.3 Å². The summed E-state index contributed by atoms with van der Waals surface area (Å²) in [4.78, 5) is 18.4. The van der Waals surface area contributed by atoms with E-state index in [4.69, 9.17) is 38.5 Å². The fourth-order valence-electron chi connectivity index (χ4n) is 5.59. The highest BCUT2D eigenvalue weighted by atomic mass is 32.1. The van der Waals surface area contributed by atoms with Gasteiger partial charge in [0.2, 0.25) is 13.1 Å². The van der Waals surface area contributed by atoms with Crippen molar-refractivity contribution in [2.24, 2.45) is 5.92 Å². The van der Waals surface area contributed by atoms with Crippen molar-refractivity contribution in [1.82, 2.24) is 4.98 Å². The van der Waals surface area contributed by atoms with Crippen LogP contribution >= 0.6 is 11.3 Å². The second-order valence-electron chi connectivity index (χ2n) is 11.0. The van der Waals surface area contributed by atoms with Crippen LogP contribution in [0.3, 0.4) is 0 Å². The van der Waals surface area contributed by atoms with Crippen molar-refractivity contribution in [3.8, 4) is 22.1 Å². The second-order valence-corrected chi connectivity index (χ2v) is 12.1. The third kappa shape index (κ3) is 7.51. The first-order chi connectivity index (χ1) is 22.5. The van der Waals surface area contributed by atoms with E-state index in [2.05, 4.69) is 24.4 Å². The topological polar surface area (TPSA) is 118 Å². The number of carbonyl (C=O) groups excluding carboxylic acids is 1. The van der Waals surface area contributed by atoms with Crippen LogP contribution in [-0.2, 0) is 23.7 Å². The summed E-state index contributed by atoms with van der Waals surface area (Å²) >= 11 is 1.65. The average molecular weight is 647 g/mol. The molecule has 1 amide bonds. The summed E-state index contributed by atoms with van der Waals surface area (Å²) in [7, 11) is 0. The van der Waals surface area contributed by atoms with E-state index in [0.717, 1.165) is 26.4 Å². The van der Waals surface area contributed by atoms with E-state index in [0.29, 0.717) is 50.0 Å². The predicted molar refractivity (Wildman–Crippen MR) is 175 cm³/mol. The SMILES string of the molecule is CCO[C@@H]1OC(C(=O)Nc2ccc(-c3nc4ccc(C)cc4s3)cc2)=C[C@H](c2ccc3c(c2)OCO3)[C@H]1CCOCCOCCO. The number of nitrogens with zero attached hydrogens (tertiary/aromatic N) is 1. The van der Waals surface area contributed by atoms with Gasteiger partial charge in [-0.1, -0.05) is 12.1 Å². The van der Waals surface area contributed by atoms with Crippen LogP contribution in [0.15, 0.2) is 72.5 Å². The maximum absolute atomic E-state index is 13.6. The van der Waals surface area contributed by atoms with Crippen molar-refractivity contribution in [1.29, 1.82) is 0 Å². The minimum absolute atomic E-state index is 0.0237. The molecule has 11 heteroatoms. The summed E-state index contributed by atoms with van der Waals surface area (Å²) in [6, 6.07) is 19.7. The first kappa shape index (κ1) is 32.0. The Hall–Kier alpha value is -4.00. The van der Waals surface area contributed by atoms with E-state index in [9.17, 15) is 4.79 Å². The van der Waals surface area contributed by atoms with Crippen LogP contribution in [0.1, 0.15) is 30.4 Å². The van der Waals surface area contributed by atoms with Crippen molar-refractivity contribution < 1.29 is 38.3 Å². The average Bonchev–Trinajstić information content (AvgIpc) is 3.71. The molecule has 0 spiro atoms. The fraction of sp³-hybridized carbons (Fsp3) is 0.371. The number of aromatic nitrogens is 1. The molecule has 3 atom stereocenters. The van der Waals surface area contributed by atoms with Crippen molar-refractivity contribution in [3.63, 3.8) is 0 Å². The van der Waals surface area contributed by atoms with E-state index in [1.165, 1.54) is 5.56 Å². The molecule has 242 valence electrons. The number of aliphatic hydroxyl groups is 1. The molecule has 1 aromatic heterocycles. The highest BCUT2D eigenvalue weighted by molar-refractivity contribution is 7.21. The number of ether oxygens (including phenoxy) is 6. The molecular formula is C35H38N2O8S. The summed E-state index contributed by atoms with van der Waals surface area (Å²) in [6.45, 7) is 6.05. The van der Waals surface area contributed by atoms with Gasteiger partial charge in [0, 0.05) is 36.3 Å². The Morgan fingerprint density at radius 2 is 1.80 bits per heavy atom. The lowest BCUT2D eigenvalue weighted by Gasteiger charge is -2.37. The molecule has 2 aliphatic rings. The number of aryl methyl sites for hydroxylation is 1. The smallest absolute Gasteiger partial charge is 0.290 e. The number of thiazole rings is 1. The first-order valence-electron chi connectivity index (χ1n) is 15.5. The maximum atomic E-state index is 13.6. The van der Waals surface area contributed by atoms with Gasteiger partial charge < -0.3 is 38.8 Å². The van der Waals surface area contributed by atoms with E-state index in [1.54, 1.807) is 11.3 Å². The highest BCUT2D eigenvalue weighted by Gasteiger charge is 2.38. The normalized spacial score (nSPS) is 18.8. The number of benzene rings is 3. The van der Waals surface area contributed by atoms with Gasteiger partial charge in [-0.05, 0) is 86.0 Å². The first-order valence-corrected chi connectivity index (χ1v) is 16.3. The molecule has 0 radical (unpaired) electrons. The number of allylic oxidation sites excluding steroid dienone is 1. The molecular weight excluding hydrogens is 608 g/mol. The lowest BCUT2D eigenvalue weighted by molar-refractivity contribution is -0.166. The van der Waals surface area contributed by atoms with Crippen LogP contribution in [0.25, 0.3) is 20.8 Å². The molecule has 2 N–H and O–H groups in total. The van der Waals surface area contributed by atoms with Gasteiger partial charge in [0.05, 0.1) is 36.6 Å². The molecule has 0 saturated carbocycles. The van der Waals surface area contributed by atoms with Gasteiger partial charge in [0.25, 0.3) is 5.91 Å². The number of amides is 1. The molecule has 3 aromatic carbocycles. The van der Waals surface area contributed by atoms with Crippen molar-refractivity contribution in [3.05, 3.63) is 83.6 Å². The van der Waals surface area contributed by atoms with E-state index >= 15 is 0 Å². The molecule has 0 unspecified atom stereocenters. The lowest BCUT2D eigenvalue weighted by Crippen LogP contribution is -2.38. The number of nitrogens with one attached hydrogen (secondary N) is 1. The van der Waals surface area contributed by atoms with Crippen molar-refractivity contribution >= 4 is 33.1 Å². The zero-order valence-corrected chi connectivity index (χ0v) is 26.7.